The van der Waals surface area contributed by atoms with Crippen LogP contribution in [0.2, 0.25) is 0 Å². The number of carbonyl (C=O) groups is 2. The number of benzene rings is 1. The Balaban J connectivity index is 1.17. The van der Waals surface area contributed by atoms with Crippen LogP contribution in [0.15, 0.2) is 53.3 Å². The molecule has 1 aromatic carbocycles. The number of rotatable bonds is 8. The minimum atomic E-state index is -4.51. The number of halogens is 3. The summed E-state index contributed by atoms with van der Waals surface area (Å²) in [7, 11) is 0. The van der Waals surface area contributed by atoms with Crippen LogP contribution < -0.4 is 10.6 Å². The lowest BCUT2D eigenvalue weighted by atomic mass is 9.90. The van der Waals surface area contributed by atoms with E-state index < -0.39 is 35.1 Å². The van der Waals surface area contributed by atoms with Gasteiger partial charge in [0.25, 0.3) is 5.91 Å². The second-order valence-corrected chi connectivity index (χ2v) is 11.0. The summed E-state index contributed by atoms with van der Waals surface area (Å²) in [4.78, 5) is 37.8. The molecule has 0 unspecified atom stereocenters. The van der Waals surface area contributed by atoms with E-state index in [-0.39, 0.29) is 22.9 Å². The van der Waals surface area contributed by atoms with Gasteiger partial charge in [0.2, 0.25) is 5.91 Å². The van der Waals surface area contributed by atoms with Crippen molar-refractivity contribution in [1.82, 2.24) is 30.7 Å². The van der Waals surface area contributed by atoms with Crippen LogP contribution in [0.25, 0.3) is 11.3 Å². The molecular formula is C28H29F3N6O3. The predicted molar refractivity (Wildman–Crippen MR) is 137 cm³/mol. The van der Waals surface area contributed by atoms with Gasteiger partial charge < -0.3 is 20.1 Å². The highest BCUT2D eigenvalue weighted by Gasteiger charge is 2.50. The standard InChI is InChI=1S/C28H29F3N6O3/c29-28(30,31)19-4-1-3-18(13-19)23-14-22(36-40-23)25(39)34-21-7-12-37(15-17-5-6-17)16-20(21)24(38)35-27(8-9-27)26-32-10-2-11-33-26/h1-4,10-11,13-14,17,20-21H,5-9,12,15-16H2,(H,34,39)(H,35,38)/t20-,21-/m0/s1. The normalized spacial score (nSPS) is 22.5. The molecule has 9 nitrogen and oxygen atoms in total. The van der Waals surface area contributed by atoms with E-state index in [1.54, 1.807) is 18.5 Å². The first-order chi connectivity index (χ1) is 19.2. The molecule has 2 amide bonds. The van der Waals surface area contributed by atoms with Crippen molar-refractivity contribution in [3.8, 4) is 11.3 Å². The molecule has 1 saturated heterocycles. The zero-order valence-corrected chi connectivity index (χ0v) is 21.7. The van der Waals surface area contributed by atoms with Gasteiger partial charge in [-0.1, -0.05) is 17.3 Å². The molecule has 12 heteroatoms. The lowest BCUT2D eigenvalue weighted by Crippen LogP contribution is -2.57. The average Bonchev–Trinajstić information content (AvgIpc) is 3.87. The number of hydrogen-bond acceptors (Lipinski definition) is 7. The zero-order chi connectivity index (χ0) is 27.9. The quantitative estimate of drug-likeness (QED) is 0.436. The summed E-state index contributed by atoms with van der Waals surface area (Å²) >= 11 is 0. The SMILES string of the molecule is O=C(N[C@H]1CCN(CC2CC2)C[C@@H]1C(=O)NC1(c2ncccn2)CC1)c1cc(-c2cccc(C(F)(F)F)c2)on1. The van der Waals surface area contributed by atoms with Crippen molar-refractivity contribution >= 4 is 11.8 Å². The summed E-state index contributed by atoms with van der Waals surface area (Å²) in [5, 5.41) is 9.90. The molecule has 210 valence electrons. The number of carbonyl (C=O) groups excluding carboxylic acids is 2. The van der Waals surface area contributed by atoms with Crippen molar-refractivity contribution in [3.63, 3.8) is 0 Å². The van der Waals surface area contributed by atoms with Crippen molar-refractivity contribution in [3.05, 3.63) is 65.9 Å². The van der Waals surface area contributed by atoms with Crippen LogP contribution in [-0.2, 0) is 16.5 Å². The van der Waals surface area contributed by atoms with Gasteiger partial charge in [-0.3, -0.25) is 9.59 Å². The zero-order valence-electron chi connectivity index (χ0n) is 21.7. The third-order valence-corrected chi connectivity index (χ3v) is 7.89. The highest BCUT2D eigenvalue weighted by Crippen LogP contribution is 2.44. The number of piperidine rings is 1. The van der Waals surface area contributed by atoms with Gasteiger partial charge in [-0.05, 0) is 56.2 Å². The van der Waals surface area contributed by atoms with E-state index in [1.165, 1.54) is 31.0 Å². The second kappa shape index (κ2) is 10.3. The van der Waals surface area contributed by atoms with Gasteiger partial charge >= 0.3 is 6.18 Å². The van der Waals surface area contributed by atoms with E-state index >= 15 is 0 Å². The Hall–Kier alpha value is -3.80. The topological polar surface area (TPSA) is 113 Å². The first-order valence-electron chi connectivity index (χ1n) is 13.5. The fraction of sp³-hybridized carbons (Fsp3) is 0.464. The number of hydrogen-bond donors (Lipinski definition) is 2. The van der Waals surface area contributed by atoms with Gasteiger partial charge in [-0.2, -0.15) is 13.2 Å². The molecule has 2 aliphatic carbocycles. The van der Waals surface area contributed by atoms with Crippen LogP contribution in [0.5, 0.6) is 0 Å². The fourth-order valence-electron chi connectivity index (χ4n) is 5.30. The van der Waals surface area contributed by atoms with Gasteiger partial charge in [-0.15, -0.1) is 0 Å². The van der Waals surface area contributed by atoms with Crippen molar-refractivity contribution in [2.75, 3.05) is 19.6 Å². The number of alkyl halides is 3. The van der Waals surface area contributed by atoms with Gasteiger partial charge in [0.1, 0.15) is 0 Å². The second-order valence-electron chi connectivity index (χ2n) is 11.0. The smallest absolute Gasteiger partial charge is 0.355 e. The molecule has 3 heterocycles. The molecule has 2 aromatic heterocycles. The molecule has 2 atom stereocenters. The van der Waals surface area contributed by atoms with Gasteiger partial charge in [-0.25, -0.2) is 9.97 Å². The van der Waals surface area contributed by atoms with Crippen LogP contribution in [0.1, 0.15) is 54.0 Å². The molecule has 2 saturated carbocycles. The van der Waals surface area contributed by atoms with E-state index in [2.05, 4.69) is 30.7 Å². The van der Waals surface area contributed by atoms with E-state index in [0.29, 0.717) is 24.7 Å². The third kappa shape index (κ3) is 5.72. The van der Waals surface area contributed by atoms with Gasteiger partial charge in [0.15, 0.2) is 17.3 Å². The minimum absolute atomic E-state index is 0.0448. The predicted octanol–water partition coefficient (Wildman–Crippen LogP) is 3.79. The first-order valence-corrected chi connectivity index (χ1v) is 13.5. The van der Waals surface area contributed by atoms with Crippen molar-refractivity contribution in [2.24, 2.45) is 11.8 Å². The Morgan fingerprint density at radius 1 is 1.07 bits per heavy atom. The summed E-state index contributed by atoms with van der Waals surface area (Å²) in [6.07, 6.45) is 3.26. The molecule has 1 aliphatic heterocycles. The molecule has 40 heavy (non-hydrogen) atoms. The highest BCUT2D eigenvalue weighted by molar-refractivity contribution is 5.94. The molecule has 0 radical (unpaired) electrons. The number of likely N-dealkylation sites (tertiary alicyclic amines) is 1. The molecule has 6 rings (SSSR count). The first kappa shape index (κ1) is 26.4. The monoisotopic (exact) mass is 554 g/mol. The summed E-state index contributed by atoms with van der Waals surface area (Å²) < 4.78 is 44.6. The van der Waals surface area contributed by atoms with E-state index in [1.807, 2.05) is 0 Å². The van der Waals surface area contributed by atoms with E-state index in [4.69, 9.17) is 4.52 Å². The molecule has 3 aromatic rings. The molecular weight excluding hydrogens is 525 g/mol. The number of nitrogens with one attached hydrogen (secondary N) is 2. The Kier molecular flexibility index (Phi) is 6.81. The van der Waals surface area contributed by atoms with Crippen LogP contribution in [0, 0.1) is 11.8 Å². The average molecular weight is 555 g/mol. The van der Waals surface area contributed by atoms with E-state index in [0.717, 1.165) is 38.1 Å². The number of aromatic nitrogens is 3. The molecule has 3 fully saturated rings. The Labute approximate surface area is 228 Å². The maximum absolute atomic E-state index is 13.6. The fourth-order valence-corrected chi connectivity index (χ4v) is 5.30. The maximum atomic E-state index is 13.6. The Morgan fingerprint density at radius 2 is 1.85 bits per heavy atom. The van der Waals surface area contributed by atoms with Crippen LogP contribution in [0.4, 0.5) is 13.2 Å². The summed E-state index contributed by atoms with van der Waals surface area (Å²) in [5.74, 6) is 0.0651. The molecule has 0 bridgehead atoms. The van der Waals surface area contributed by atoms with Crippen LogP contribution >= 0.6 is 0 Å². The Morgan fingerprint density at radius 3 is 2.55 bits per heavy atom. The lowest BCUT2D eigenvalue weighted by molar-refractivity contribution is -0.137. The van der Waals surface area contributed by atoms with Crippen molar-refractivity contribution in [1.29, 1.82) is 0 Å². The molecule has 0 spiro atoms. The van der Waals surface area contributed by atoms with Crippen LogP contribution in [0.3, 0.4) is 0 Å². The maximum Gasteiger partial charge on any atom is 0.416 e. The van der Waals surface area contributed by atoms with Gasteiger partial charge in [0.05, 0.1) is 17.0 Å². The lowest BCUT2D eigenvalue weighted by Gasteiger charge is -2.38. The van der Waals surface area contributed by atoms with Gasteiger partial charge in [0, 0.05) is 49.7 Å². The van der Waals surface area contributed by atoms with Crippen molar-refractivity contribution in [2.45, 2.75) is 49.9 Å². The summed E-state index contributed by atoms with van der Waals surface area (Å²) in [6.45, 7) is 2.18. The highest BCUT2D eigenvalue weighted by atomic mass is 19.4. The molecule has 2 N–H and O–H groups in total. The van der Waals surface area contributed by atoms with E-state index in [9.17, 15) is 22.8 Å². The summed E-state index contributed by atoms with van der Waals surface area (Å²) in [6, 6.07) is 7.22. The Bertz CT molecular complexity index is 1390. The molecule has 3 aliphatic rings. The number of amides is 2. The third-order valence-electron chi connectivity index (χ3n) is 7.89. The largest absolute Gasteiger partial charge is 0.416 e. The summed E-state index contributed by atoms with van der Waals surface area (Å²) in [5.41, 5.74) is -1.32. The van der Waals surface area contributed by atoms with Crippen LogP contribution in [-0.4, -0.2) is 57.5 Å². The van der Waals surface area contributed by atoms with Crippen molar-refractivity contribution < 1.29 is 27.3 Å². The minimum Gasteiger partial charge on any atom is -0.355 e. The number of nitrogens with zero attached hydrogens (tertiary/aromatic N) is 4.